The van der Waals surface area contributed by atoms with E-state index in [1.807, 2.05) is 0 Å². The number of carboxylic acids is 1. The van der Waals surface area contributed by atoms with Crippen molar-refractivity contribution in [3.8, 4) is 0 Å². The SMILES string of the molecule is CCS(=O)(=O)CCNc1nc2c(s1)CCCC2C(=O)O. The fourth-order valence-electron chi connectivity index (χ4n) is 2.19. The molecule has 20 heavy (non-hydrogen) atoms. The van der Waals surface area contributed by atoms with Gasteiger partial charge in [-0.1, -0.05) is 6.92 Å². The molecule has 0 bridgehead atoms. The first kappa shape index (κ1) is 15.2. The van der Waals surface area contributed by atoms with E-state index in [9.17, 15) is 18.3 Å². The van der Waals surface area contributed by atoms with E-state index in [1.54, 1.807) is 6.92 Å². The van der Waals surface area contributed by atoms with Crippen molar-refractivity contribution >= 4 is 32.3 Å². The second-order valence-electron chi connectivity index (χ2n) is 4.77. The van der Waals surface area contributed by atoms with Gasteiger partial charge in [-0.15, -0.1) is 11.3 Å². The van der Waals surface area contributed by atoms with Gasteiger partial charge in [0.25, 0.3) is 0 Å². The summed E-state index contributed by atoms with van der Waals surface area (Å²) in [5.74, 6) is -1.17. The van der Waals surface area contributed by atoms with Gasteiger partial charge in [0.05, 0.1) is 11.4 Å². The number of nitrogens with one attached hydrogen (secondary N) is 1. The number of aliphatic carboxylic acids is 1. The molecule has 0 amide bonds. The molecule has 1 aromatic rings. The van der Waals surface area contributed by atoms with E-state index in [4.69, 9.17) is 0 Å². The number of carboxylic acid groups (broad SMARTS) is 1. The first-order chi connectivity index (χ1) is 9.43. The number of thiazole rings is 1. The second-order valence-corrected chi connectivity index (χ2v) is 8.33. The average molecular weight is 318 g/mol. The highest BCUT2D eigenvalue weighted by Gasteiger charge is 2.29. The van der Waals surface area contributed by atoms with Crippen molar-refractivity contribution < 1.29 is 18.3 Å². The van der Waals surface area contributed by atoms with Gasteiger partial charge in [0.15, 0.2) is 15.0 Å². The van der Waals surface area contributed by atoms with Crippen LogP contribution in [0.3, 0.4) is 0 Å². The first-order valence-electron chi connectivity index (χ1n) is 6.59. The van der Waals surface area contributed by atoms with Gasteiger partial charge in [-0.3, -0.25) is 4.79 Å². The van der Waals surface area contributed by atoms with E-state index in [-0.39, 0.29) is 11.5 Å². The third-order valence-corrected chi connectivity index (χ3v) is 6.18. The van der Waals surface area contributed by atoms with Crippen LogP contribution in [0.1, 0.15) is 36.3 Å². The minimum Gasteiger partial charge on any atom is -0.481 e. The van der Waals surface area contributed by atoms with Crippen LogP contribution in [-0.4, -0.2) is 42.5 Å². The fourth-order valence-corrected chi connectivity index (χ4v) is 3.98. The number of rotatable bonds is 6. The number of nitrogens with zero attached hydrogens (tertiary/aromatic N) is 1. The molecule has 8 heteroatoms. The molecule has 0 fully saturated rings. The molecule has 1 heterocycles. The fraction of sp³-hybridized carbons (Fsp3) is 0.667. The summed E-state index contributed by atoms with van der Waals surface area (Å²) < 4.78 is 22.8. The average Bonchev–Trinajstić information content (AvgIpc) is 2.80. The molecular formula is C12H18N2O4S2. The summed E-state index contributed by atoms with van der Waals surface area (Å²) in [5.41, 5.74) is 0.648. The van der Waals surface area contributed by atoms with Crippen LogP contribution in [0.5, 0.6) is 0 Å². The maximum absolute atomic E-state index is 11.4. The highest BCUT2D eigenvalue weighted by Crippen LogP contribution is 2.36. The number of fused-ring (bicyclic) bond motifs is 1. The van der Waals surface area contributed by atoms with Crippen molar-refractivity contribution in [3.63, 3.8) is 0 Å². The number of carbonyl (C=O) groups is 1. The molecule has 0 aliphatic heterocycles. The van der Waals surface area contributed by atoms with Gasteiger partial charge in [0.1, 0.15) is 5.92 Å². The third kappa shape index (κ3) is 3.49. The van der Waals surface area contributed by atoms with Crippen LogP contribution in [0.2, 0.25) is 0 Å². The lowest BCUT2D eigenvalue weighted by Crippen LogP contribution is -2.18. The minimum absolute atomic E-state index is 0.0656. The van der Waals surface area contributed by atoms with Crippen LogP contribution in [0, 0.1) is 0 Å². The van der Waals surface area contributed by atoms with Crippen molar-refractivity contribution in [1.29, 1.82) is 0 Å². The lowest BCUT2D eigenvalue weighted by Gasteiger charge is -2.16. The van der Waals surface area contributed by atoms with Crippen molar-refractivity contribution in [1.82, 2.24) is 4.98 Å². The van der Waals surface area contributed by atoms with Gasteiger partial charge in [-0.25, -0.2) is 13.4 Å². The number of hydrogen-bond donors (Lipinski definition) is 2. The van der Waals surface area contributed by atoms with Gasteiger partial charge < -0.3 is 10.4 Å². The molecule has 1 aromatic heterocycles. The number of hydrogen-bond acceptors (Lipinski definition) is 6. The first-order valence-corrected chi connectivity index (χ1v) is 9.23. The zero-order valence-corrected chi connectivity index (χ0v) is 12.9. The Kier molecular flexibility index (Phi) is 4.64. The molecule has 1 aliphatic rings. The monoisotopic (exact) mass is 318 g/mol. The lowest BCUT2D eigenvalue weighted by molar-refractivity contribution is -0.139. The third-order valence-electron chi connectivity index (χ3n) is 3.38. The van der Waals surface area contributed by atoms with Gasteiger partial charge in [-0.05, 0) is 19.3 Å². The van der Waals surface area contributed by atoms with Crippen molar-refractivity contribution in [2.45, 2.75) is 32.1 Å². The Bertz CT molecular complexity index is 595. The molecule has 1 aliphatic carbocycles. The molecule has 0 spiro atoms. The molecule has 2 rings (SSSR count). The smallest absolute Gasteiger partial charge is 0.312 e. The van der Waals surface area contributed by atoms with Crippen LogP contribution >= 0.6 is 11.3 Å². The van der Waals surface area contributed by atoms with E-state index < -0.39 is 21.7 Å². The van der Waals surface area contributed by atoms with Gasteiger partial charge in [0, 0.05) is 17.2 Å². The lowest BCUT2D eigenvalue weighted by atomic mass is 9.91. The molecular weight excluding hydrogens is 300 g/mol. The Hall–Kier alpha value is -1.15. The highest BCUT2D eigenvalue weighted by molar-refractivity contribution is 7.91. The maximum atomic E-state index is 11.4. The van der Waals surface area contributed by atoms with E-state index in [1.165, 1.54) is 11.3 Å². The van der Waals surface area contributed by atoms with Crippen molar-refractivity contribution in [2.24, 2.45) is 0 Å². The Morgan fingerprint density at radius 3 is 2.95 bits per heavy atom. The number of aromatic nitrogens is 1. The van der Waals surface area contributed by atoms with Crippen molar-refractivity contribution in [2.75, 3.05) is 23.4 Å². The molecule has 1 unspecified atom stereocenters. The predicted molar refractivity (Wildman–Crippen MR) is 78.2 cm³/mol. The quantitative estimate of drug-likeness (QED) is 0.825. The topological polar surface area (TPSA) is 96.4 Å². The largest absolute Gasteiger partial charge is 0.481 e. The second kappa shape index (κ2) is 6.09. The van der Waals surface area contributed by atoms with Crippen LogP contribution < -0.4 is 5.32 Å². The number of anilines is 1. The van der Waals surface area contributed by atoms with E-state index in [0.29, 0.717) is 23.8 Å². The van der Waals surface area contributed by atoms with E-state index >= 15 is 0 Å². The number of aryl methyl sites for hydroxylation is 1. The summed E-state index contributed by atoms with van der Waals surface area (Å²) >= 11 is 1.43. The van der Waals surface area contributed by atoms with Gasteiger partial charge >= 0.3 is 5.97 Å². The standard InChI is InChI=1S/C12H18N2O4S2/c1-2-20(17,18)7-6-13-12-14-10-8(11(15)16)4-3-5-9(10)19-12/h8H,2-7H2,1H3,(H,13,14)(H,15,16). The summed E-state index contributed by atoms with van der Waals surface area (Å²) in [7, 11) is -3.00. The summed E-state index contributed by atoms with van der Waals surface area (Å²) in [6.07, 6.45) is 2.33. The van der Waals surface area contributed by atoms with Crippen LogP contribution in [0.25, 0.3) is 0 Å². The summed E-state index contributed by atoms with van der Waals surface area (Å²) in [6.45, 7) is 1.93. The summed E-state index contributed by atoms with van der Waals surface area (Å²) in [4.78, 5) is 16.5. The Morgan fingerprint density at radius 2 is 2.30 bits per heavy atom. The van der Waals surface area contributed by atoms with Crippen LogP contribution in [0.4, 0.5) is 5.13 Å². The Balaban J connectivity index is 2.03. The van der Waals surface area contributed by atoms with E-state index in [2.05, 4.69) is 10.3 Å². The van der Waals surface area contributed by atoms with Crippen LogP contribution in [0.15, 0.2) is 0 Å². The maximum Gasteiger partial charge on any atom is 0.312 e. The zero-order chi connectivity index (χ0) is 14.8. The molecule has 0 radical (unpaired) electrons. The molecule has 0 saturated heterocycles. The predicted octanol–water partition coefficient (Wildman–Crippen LogP) is 1.49. The normalized spacial score (nSPS) is 18.6. The summed E-state index contributed by atoms with van der Waals surface area (Å²) in [6, 6.07) is 0. The Labute approximate surface area is 122 Å². The molecule has 2 N–H and O–H groups in total. The molecule has 0 aromatic carbocycles. The molecule has 6 nitrogen and oxygen atoms in total. The van der Waals surface area contributed by atoms with Crippen molar-refractivity contribution in [3.05, 3.63) is 10.6 Å². The zero-order valence-electron chi connectivity index (χ0n) is 11.3. The van der Waals surface area contributed by atoms with E-state index in [0.717, 1.165) is 17.7 Å². The Morgan fingerprint density at radius 1 is 1.55 bits per heavy atom. The van der Waals surface area contributed by atoms with Gasteiger partial charge in [-0.2, -0.15) is 0 Å². The van der Waals surface area contributed by atoms with Gasteiger partial charge in [0.2, 0.25) is 0 Å². The summed E-state index contributed by atoms with van der Waals surface area (Å²) in [5, 5.41) is 12.8. The minimum atomic E-state index is -3.00. The molecule has 112 valence electrons. The molecule has 0 saturated carbocycles. The number of sulfone groups is 1. The highest BCUT2D eigenvalue weighted by atomic mass is 32.2. The van der Waals surface area contributed by atoms with Crippen LogP contribution in [-0.2, 0) is 21.1 Å². The molecule has 1 atom stereocenters.